The van der Waals surface area contributed by atoms with Crippen molar-refractivity contribution in [1.29, 1.82) is 0 Å². The zero-order chi connectivity index (χ0) is 13.4. The van der Waals surface area contributed by atoms with E-state index in [1.165, 1.54) is 0 Å². The maximum atomic E-state index is 12.0. The van der Waals surface area contributed by atoms with Gasteiger partial charge in [0.2, 0.25) is 0 Å². The molecule has 0 bridgehead atoms. The van der Waals surface area contributed by atoms with Gasteiger partial charge in [0.25, 0.3) is 0 Å². The number of unbranched alkanes of at least 4 members (excludes halogenated alkanes) is 1. The maximum absolute atomic E-state index is 12.0. The smallest absolute Gasteiger partial charge is 0.179 e. The van der Waals surface area contributed by atoms with Crippen LogP contribution < -0.4 is 10.5 Å². The molecule has 100 valence electrons. The lowest BCUT2D eigenvalue weighted by Gasteiger charge is -2.10. The number of ether oxygens (including phenoxy) is 1. The summed E-state index contributed by atoms with van der Waals surface area (Å²) in [6.07, 6.45) is 3.78. The molecule has 0 aromatic heterocycles. The second kappa shape index (κ2) is 7.88. The summed E-state index contributed by atoms with van der Waals surface area (Å²) in [5.74, 6) is 0.820. The van der Waals surface area contributed by atoms with Crippen LogP contribution in [0.2, 0.25) is 0 Å². The van der Waals surface area contributed by atoms with Gasteiger partial charge in [-0.2, -0.15) is 0 Å². The Labute approximate surface area is 109 Å². The first kappa shape index (κ1) is 14.7. The summed E-state index contributed by atoms with van der Waals surface area (Å²) in [5.41, 5.74) is 6.54. The van der Waals surface area contributed by atoms with Gasteiger partial charge in [0.1, 0.15) is 5.75 Å². The molecule has 0 amide bonds. The number of Topliss-reactive ketones (excluding diaryl/α,β-unsaturated/α-hetero) is 1. The number of rotatable bonds is 8. The molecule has 0 radical (unpaired) electrons. The Kier molecular flexibility index (Phi) is 6.44. The fourth-order valence-corrected chi connectivity index (χ4v) is 1.70. The van der Waals surface area contributed by atoms with Gasteiger partial charge < -0.3 is 10.5 Å². The SMILES string of the molecule is CCCCC(N)C(=O)c1ccc(OCCC)cc1. The molecule has 0 fully saturated rings. The Balaban J connectivity index is 2.58. The third-order valence-electron chi connectivity index (χ3n) is 2.82. The maximum Gasteiger partial charge on any atom is 0.179 e. The normalized spacial score (nSPS) is 12.2. The molecule has 1 atom stereocenters. The Hall–Kier alpha value is -1.35. The minimum Gasteiger partial charge on any atom is -0.494 e. The summed E-state index contributed by atoms with van der Waals surface area (Å²) in [7, 11) is 0. The van der Waals surface area contributed by atoms with Gasteiger partial charge in [0.15, 0.2) is 5.78 Å². The summed E-state index contributed by atoms with van der Waals surface area (Å²) >= 11 is 0. The highest BCUT2D eigenvalue weighted by atomic mass is 16.5. The molecule has 18 heavy (non-hydrogen) atoms. The molecule has 3 heteroatoms. The molecule has 0 saturated carbocycles. The molecule has 1 rings (SSSR count). The summed E-state index contributed by atoms with van der Waals surface area (Å²) in [5, 5.41) is 0. The van der Waals surface area contributed by atoms with Crippen molar-refractivity contribution in [3.63, 3.8) is 0 Å². The van der Waals surface area contributed by atoms with Crippen LogP contribution in [0.15, 0.2) is 24.3 Å². The van der Waals surface area contributed by atoms with E-state index in [2.05, 4.69) is 13.8 Å². The lowest BCUT2D eigenvalue weighted by atomic mass is 10.0. The highest BCUT2D eigenvalue weighted by Crippen LogP contribution is 2.14. The van der Waals surface area contributed by atoms with Crippen LogP contribution in [0, 0.1) is 0 Å². The first-order valence-electron chi connectivity index (χ1n) is 6.71. The van der Waals surface area contributed by atoms with E-state index in [0.717, 1.165) is 31.4 Å². The molecular formula is C15H23NO2. The van der Waals surface area contributed by atoms with Gasteiger partial charge in [0.05, 0.1) is 12.6 Å². The van der Waals surface area contributed by atoms with Crippen LogP contribution in [0.4, 0.5) is 0 Å². The number of hydrogen-bond donors (Lipinski definition) is 1. The van der Waals surface area contributed by atoms with Crippen molar-refractivity contribution < 1.29 is 9.53 Å². The summed E-state index contributed by atoms with van der Waals surface area (Å²) in [4.78, 5) is 12.0. The van der Waals surface area contributed by atoms with Crippen molar-refractivity contribution in [1.82, 2.24) is 0 Å². The number of ketones is 1. The van der Waals surface area contributed by atoms with Gasteiger partial charge in [0, 0.05) is 5.56 Å². The minimum absolute atomic E-state index is 0.0190. The fraction of sp³-hybridized carbons (Fsp3) is 0.533. The third kappa shape index (κ3) is 4.49. The molecule has 0 saturated heterocycles. The predicted octanol–water partition coefficient (Wildman–Crippen LogP) is 3.18. The largest absolute Gasteiger partial charge is 0.494 e. The van der Waals surface area contributed by atoms with E-state index in [-0.39, 0.29) is 11.8 Å². The summed E-state index contributed by atoms with van der Waals surface area (Å²) < 4.78 is 5.47. The van der Waals surface area contributed by atoms with Crippen molar-refractivity contribution in [3.05, 3.63) is 29.8 Å². The van der Waals surface area contributed by atoms with Crippen molar-refractivity contribution >= 4 is 5.78 Å². The standard InChI is InChI=1S/C15H23NO2/c1-3-5-6-14(16)15(17)12-7-9-13(10-8-12)18-11-4-2/h7-10,14H,3-6,11,16H2,1-2H3. The first-order chi connectivity index (χ1) is 8.69. The highest BCUT2D eigenvalue weighted by molar-refractivity contribution is 6.00. The van der Waals surface area contributed by atoms with E-state index >= 15 is 0 Å². The zero-order valence-corrected chi connectivity index (χ0v) is 11.3. The van der Waals surface area contributed by atoms with Crippen molar-refractivity contribution in [3.8, 4) is 5.75 Å². The second-order valence-corrected chi connectivity index (χ2v) is 4.49. The third-order valence-corrected chi connectivity index (χ3v) is 2.82. The van der Waals surface area contributed by atoms with E-state index in [0.29, 0.717) is 12.2 Å². The Bertz CT molecular complexity index is 359. The van der Waals surface area contributed by atoms with Crippen molar-refractivity contribution in [2.24, 2.45) is 5.73 Å². The number of carbonyl (C=O) groups is 1. The molecule has 2 N–H and O–H groups in total. The van der Waals surface area contributed by atoms with Gasteiger partial charge in [-0.25, -0.2) is 0 Å². The minimum atomic E-state index is -0.382. The topological polar surface area (TPSA) is 52.3 Å². The lowest BCUT2D eigenvalue weighted by Crippen LogP contribution is -2.30. The van der Waals surface area contributed by atoms with Gasteiger partial charge in [-0.1, -0.05) is 26.7 Å². The molecule has 0 aliphatic heterocycles. The molecule has 0 aliphatic rings. The van der Waals surface area contributed by atoms with E-state index in [1.54, 1.807) is 12.1 Å². The van der Waals surface area contributed by atoms with Crippen molar-refractivity contribution in [2.75, 3.05) is 6.61 Å². The molecule has 0 spiro atoms. The van der Waals surface area contributed by atoms with Crippen LogP contribution in [0.3, 0.4) is 0 Å². The first-order valence-corrected chi connectivity index (χ1v) is 6.71. The molecule has 3 nitrogen and oxygen atoms in total. The molecule has 1 unspecified atom stereocenters. The number of benzene rings is 1. The lowest BCUT2D eigenvalue weighted by molar-refractivity contribution is 0.0956. The van der Waals surface area contributed by atoms with Gasteiger partial charge in [-0.05, 0) is 37.1 Å². The average molecular weight is 249 g/mol. The van der Waals surface area contributed by atoms with Crippen LogP contribution in [0.5, 0.6) is 5.75 Å². The van der Waals surface area contributed by atoms with E-state index in [1.807, 2.05) is 12.1 Å². The quantitative estimate of drug-likeness (QED) is 0.720. The number of nitrogens with two attached hydrogens (primary N) is 1. The molecule has 0 heterocycles. The Morgan fingerprint density at radius 1 is 1.22 bits per heavy atom. The molecule has 1 aromatic rings. The van der Waals surface area contributed by atoms with E-state index < -0.39 is 0 Å². The second-order valence-electron chi connectivity index (χ2n) is 4.49. The highest BCUT2D eigenvalue weighted by Gasteiger charge is 2.14. The van der Waals surface area contributed by atoms with Gasteiger partial charge in [-0.15, -0.1) is 0 Å². The molecular weight excluding hydrogens is 226 g/mol. The van der Waals surface area contributed by atoms with Crippen LogP contribution >= 0.6 is 0 Å². The molecule has 0 aliphatic carbocycles. The van der Waals surface area contributed by atoms with Crippen molar-refractivity contribution in [2.45, 2.75) is 45.6 Å². The van der Waals surface area contributed by atoms with Gasteiger partial charge >= 0.3 is 0 Å². The zero-order valence-electron chi connectivity index (χ0n) is 11.3. The van der Waals surface area contributed by atoms with Crippen LogP contribution in [-0.2, 0) is 0 Å². The van der Waals surface area contributed by atoms with Gasteiger partial charge in [-0.3, -0.25) is 4.79 Å². The van der Waals surface area contributed by atoms with Crippen LogP contribution in [0.25, 0.3) is 0 Å². The Morgan fingerprint density at radius 2 is 1.89 bits per heavy atom. The predicted molar refractivity (Wildman–Crippen MR) is 74.1 cm³/mol. The van der Waals surface area contributed by atoms with E-state index in [4.69, 9.17) is 10.5 Å². The Morgan fingerprint density at radius 3 is 2.44 bits per heavy atom. The number of hydrogen-bond acceptors (Lipinski definition) is 3. The van der Waals surface area contributed by atoms with E-state index in [9.17, 15) is 4.79 Å². The monoisotopic (exact) mass is 249 g/mol. The van der Waals surface area contributed by atoms with Crippen LogP contribution in [-0.4, -0.2) is 18.4 Å². The summed E-state index contributed by atoms with van der Waals surface area (Å²) in [6.45, 7) is 4.85. The fourth-order valence-electron chi connectivity index (χ4n) is 1.70. The summed E-state index contributed by atoms with van der Waals surface area (Å²) in [6, 6.07) is 6.86. The average Bonchev–Trinajstić information content (AvgIpc) is 2.42. The molecule has 1 aromatic carbocycles. The van der Waals surface area contributed by atoms with Crippen LogP contribution in [0.1, 0.15) is 49.9 Å². The number of carbonyl (C=O) groups excluding carboxylic acids is 1.